The third-order valence-electron chi connectivity index (χ3n) is 7.96. The van der Waals surface area contributed by atoms with E-state index in [1.165, 1.54) is 20.1 Å². The summed E-state index contributed by atoms with van der Waals surface area (Å²) in [5, 5.41) is 75.6. The molecule has 18 nitrogen and oxygen atoms in total. The summed E-state index contributed by atoms with van der Waals surface area (Å²) in [4.78, 5) is 49.5. The quantitative estimate of drug-likeness (QED) is 0.0382. The van der Waals surface area contributed by atoms with E-state index in [2.05, 4.69) is 10.6 Å². The second kappa shape index (κ2) is 19.3. The van der Waals surface area contributed by atoms with Crippen LogP contribution in [0.3, 0.4) is 0 Å². The molecule has 2 aliphatic heterocycles. The minimum absolute atomic E-state index is 0.0758. The van der Waals surface area contributed by atoms with Crippen LogP contribution in [-0.4, -0.2) is 158 Å². The first-order chi connectivity index (χ1) is 22.1. The molecule has 0 radical (unpaired) electrons. The second-order valence-corrected chi connectivity index (χ2v) is 12.1. The van der Waals surface area contributed by atoms with E-state index in [0.717, 1.165) is 0 Å². The molecule has 0 spiro atoms. The summed E-state index contributed by atoms with van der Waals surface area (Å²) in [6, 6.07) is -1.77. The van der Waals surface area contributed by atoms with E-state index in [1.807, 2.05) is 0 Å². The number of ether oxygens (including phenoxy) is 3. The number of rotatable bonds is 19. The standard InChI is InChI=1S/C29H50N4O14/c1-17(8-12-34)14-21(36)32(43)10-4-6-18-26(40)31-19(27(41)30-18)7-5-11-33(44)22(37)15-29(2,42)9-13-46-28-24(39)23(38)25(45-3)20(16-35)47-28/h14,18-20,23-25,28,34-35,38-39,42-44H,4-13,15-16H2,1-3H3,(H,30,41)(H,31,40)/b17-14+/t18-,19-,20+,23+,24-,25+,28+,29+/m0/s1. The number of aliphatic hydroxyl groups excluding tert-OH is 4. The zero-order chi connectivity index (χ0) is 35.3. The third kappa shape index (κ3) is 12.6. The average molecular weight is 679 g/mol. The number of carbonyl (C=O) groups excluding carboxylic acids is 4. The summed E-state index contributed by atoms with van der Waals surface area (Å²) < 4.78 is 15.9. The smallest absolute Gasteiger partial charge is 0.269 e. The highest BCUT2D eigenvalue weighted by molar-refractivity contribution is 5.96. The number of hydrogen-bond donors (Lipinski definition) is 9. The molecular weight excluding hydrogens is 628 g/mol. The lowest BCUT2D eigenvalue weighted by molar-refractivity contribution is -0.305. The van der Waals surface area contributed by atoms with Gasteiger partial charge >= 0.3 is 0 Å². The van der Waals surface area contributed by atoms with Crippen LogP contribution in [0.2, 0.25) is 0 Å². The van der Waals surface area contributed by atoms with E-state index < -0.39 is 85.0 Å². The van der Waals surface area contributed by atoms with Crippen LogP contribution >= 0.6 is 0 Å². The lowest BCUT2D eigenvalue weighted by Crippen LogP contribution is -2.61. The van der Waals surface area contributed by atoms with E-state index in [-0.39, 0.29) is 58.4 Å². The van der Waals surface area contributed by atoms with Crippen molar-refractivity contribution in [3.8, 4) is 0 Å². The lowest BCUT2D eigenvalue weighted by atomic mass is 9.97. The maximum atomic E-state index is 12.5. The van der Waals surface area contributed by atoms with Gasteiger partial charge in [0.15, 0.2) is 6.29 Å². The van der Waals surface area contributed by atoms with Crippen LogP contribution < -0.4 is 10.6 Å². The Labute approximate surface area is 272 Å². The summed E-state index contributed by atoms with van der Waals surface area (Å²) in [5.41, 5.74) is -1.04. The molecule has 0 saturated carbocycles. The van der Waals surface area contributed by atoms with Crippen LogP contribution in [0.15, 0.2) is 11.6 Å². The van der Waals surface area contributed by atoms with Gasteiger partial charge in [-0.15, -0.1) is 0 Å². The van der Waals surface area contributed by atoms with Crippen molar-refractivity contribution >= 4 is 23.6 Å². The van der Waals surface area contributed by atoms with E-state index in [0.29, 0.717) is 22.1 Å². The summed E-state index contributed by atoms with van der Waals surface area (Å²) in [5.74, 6) is -2.38. The number of nitrogens with zero attached hydrogens (tertiary/aromatic N) is 2. The molecule has 2 aliphatic rings. The van der Waals surface area contributed by atoms with E-state index in [9.17, 15) is 50.0 Å². The first-order valence-corrected chi connectivity index (χ1v) is 15.5. The van der Waals surface area contributed by atoms with Crippen LogP contribution in [0.1, 0.15) is 58.8 Å². The monoisotopic (exact) mass is 678 g/mol. The zero-order valence-electron chi connectivity index (χ0n) is 27.0. The number of nitrogens with one attached hydrogen (secondary N) is 2. The highest BCUT2D eigenvalue weighted by atomic mass is 16.7. The number of amides is 4. The minimum atomic E-state index is -1.64. The number of carbonyl (C=O) groups is 4. The van der Waals surface area contributed by atoms with Gasteiger partial charge in [-0.25, -0.2) is 10.1 Å². The van der Waals surface area contributed by atoms with Crippen LogP contribution in [0, 0.1) is 0 Å². The summed E-state index contributed by atoms with van der Waals surface area (Å²) in [7, 11) is 1.29. The highest BCUT2D eigenvalue weighted by Crippen LogP contribution is 2.25. The Balaban J connectivity index is 1.70. The third-order valence-corrected chi connectivity index (χ3v) is 7.96. The topological polar surface area (TPSA) is 268 Å². The molecule has 2 heterocycles. The molecule has 2 fully saturated rings. The molecule has 4 amide bonds. The number of hydroxylamine groups is 4. The van der Waals surface area contributed by atoms with Crippen molar-refractivity contribution in [1.29, 1.82) is 0 Å². The largest absolute Gasteiger partial charge is 0.396 e. The van der Waals surface area contributed by atoms with Gasteiger partial charge in [0, 0.05) is 32.9 Å². The molecule has 0 unspecified atom stereocenters. The fourth-order valence-corrected chi connectivity index (χ4v) is 5.12. The fourth-order valence-electron chi connectivity index (χ4n) is 5.12. The minimum Gasteiger partial charge on any atom is -0.396 e. The average Bonchev–Trinajstić information content (AvgIpc) is 3.00. The Bertz CT molecular complexity index is 1070. The van der Waals surface area contributed by atoms with Gasteiger partial charge in [-0.05, 0) is 52.4 Å². The maximum absolute atomic E-state index is 12.5. The van der Waals surface area contributed by atoms with Crippen LogP contribution in [-0.2, 0) is 33.4 Å². The van der Waals surface area contributed by atoms with Gasteiger partial charge in [-0.3, -0.25) is 29.6 Å². The van der Waals surface area contributed by atoms with Gasteiger partial charge in [0.1, 0.15) is 36.5 Å². The van der Waals surface area contributed by atoms with Crippen LogP contribution in [0.4, 0.5) is 0 Å². The molecular formula is C29H50N4O14. The van der Waals surface area contributed by atoms with Crippen molar-refractivity contribution in [3.05, 3.63) is 11.6 Å². The summed E-state index contributed by atoms with van der Waals surface area (Å²) in [6.07, 6.45) is -4.64. The molecule has 0 bridgehead atoms. The highest BCUT2D eigenvalue weighted by Gasteiger charge is 2.45. The molecule has 9 N–H and O–H groups in total. The Hall–Kier alpha value is -2.78. The molecule has 8 atom stereocenters. The molecule has 18 heteroatoms. The predicted molar refractivity (Wildman–Crippen MR) is 159 cm³/mol. The van der Waals surface area contributed by atoms with Crippen molar-refractivity contribution in [2.24, 2.45) is 0 Å². The number of piperazine rings is 1. The van der Waals surface area contributed by atoms with E-state index in [4.69, 9.17) is 19.3 Å². The van der Waals surface area contributed by atoms with Crippen molar-refractivity contribution in [2.75, 3.05) is 40.0 Å². The maximum Gasteiger partial charge on any atom is 0.269 e. The molecule has 0 aromatic heterocycles. The predicted octanol–water partition coefficient (Wildman–Crippen LogP) is -2.70. The van der Waals surface area contributed by atoms with Gasteiger partial charge < -0.3 is 50.4 Å². The van der Waals surface area contributed by atoms with Gasteiger partial charge in [0.05, 0.1) is 25.2 Å². The molecule has 2 rings (SSSR count). The molecule has 270 valence electrons. The Morgan fingerprint density at radius 1 is 1.00 bits per heavy atom. The normalized spacial score (nSPS) is 27.9. The number of hydrogen-bond acceptors (Lipinski definition) is 14. The van der Waals surface area contributed by atoms with Gasteiger partial charge in [-0.2, -0.15) is 0 Å². The second-order valence-electron chi connectivity index (χ2n) is 12.1. The van der Waals surface area contributed by atoms with Crippen molar-refractivity contribution < 1.29 is 69.3 Å². The Morgan fingerprint density at radius 2 is 1.57 bits per heavy atom. The first-order valence-electron chi connectivity index (χ1n) is 15.5. The zero-order valence-corrected chi connectivity index (χ0v) is 27.0. The number of methoxy groups -OCH3 is 1. The fraction of sp³-hybridized carbons (Fsp3) is 0.793. The number of aliphatic hydroxyl groups is 5. The van der Waals surface area contributed by atoms with Crippen LogP contribution in [0.5, 0.6) is 0 Å². The molecule has 0 aliphatic carbocycles. The molecule has 47 heavy (non-hydrogen) atoms. The summed E-state index contributed by atoms with van der Waals surface area (Å²) in [6.45, 7) is 1.89. The van der Waals surface area contributed by atoms with Gasteiger partial charge in [0.25, 0.3) is 5.91 Å². The van der Waals surface area contributed by atoms with Gasteiger partial charge in [-0.1, -0.05) is 5.57 Å². The SMILES string of the molecule is CO[C@H]1[C@H](O)[C@H](O)[C@H](OCC[C@@](C)(O)CC(=O)N(O)CCC[C@@H]2NC(=O)[C@H](CCCN(O)C(=O)/C=C(\C)CCO)NC2=O)O[C@@H]1CO. The van der Waals surface area contributed by atoms with Crippen molar-refractivity contribution in [2.45, 2.75) is 107 Å². The van der Waals surface area contributed by atoms with Crippen molar-refractivity contribution in [3.63, 3.8) is 0 Å². The van der Waals surface area contributed by atoms with Crippen LogP contribution in [0.25, 0.3) is 0 Å². The first kappa shape index (κ1) is 40.4. The Kier molecular flexibility index (Phi) is 16.6. The Morgan fingerprint density at radius 3 is 2.11 bits per heavy atom. The summed E-state index contributed by atoms with van der Waals surface area (Å²) >= 11 is 0. The van der Waals surface area contributed by atoms with E-state index >= 15 is 0 Å². The van der Waals surface area contributed by atoms with Crippen molar-refractivity contribution in [1.82, 2.24) is 20.8 Å². The lowest BCUT2D eigenvalue weighted by Gasteiger charge is -2.41. The molecule has 0 aromatic carbocycles. The molecule has 0 aromatic rings. The molecule has 2 saturated heterocycles. The van der Waals surface area contributed by atoms with E-state index in [1.54, 1.807) is 6.92 Å². The van der Waals surface area contributed by atoms with Gasteiger partial charge in [0.2, 0.25) is 17.7 Å².